The van der Waals surface area contributed by atoms with Crippen molar-refractivity contribution in [3.8, 4) is 11.3 Å². The van der Waals surface area contributed by atoms with Gasteiger partial charge in [0.15, 0.2) is 0 Å². The molecule has 126 valence electrons. The molecule has 1 aliphatic rings. The lowest BCUT2D eigenvalue weighted by atomic mass is 9.94. The lowest BCUT2D eigenvalue weighted by Crippen LogP contribution is -2.39. The zero-order chi connectivity index (χ0) is 17.1. The normalized spacial score (nSPS) is 17.4. The summed E-state index contributed by atoms with van der Waals surface area (Å²) in [7, 11) is 0. The van der Waals surface area contributed by atoms with E-state index in [1.807, 2.05) is 35.2 Å². The maximum Gasteiger partial charge on any atom is 0.274 e. The molecule has 0 spiro atoms. The maximum absolute atomic E-state index is 12.6. The number of aromatic amines is 1. The zero-order valence-corrected chi connectivity index (χ0v) is 13.8. The van der Waals surface area contributed by atoms with Crippen molar-refractivity contribution in [3.63, 3.8) is 0 Å². The van der Waals surface area contributed by atoms with Gasteiger partial charge in [-0.05, 0) is 18.9 Å². The number of amides is 1. The Balaban J connectivity index is 1.50. The Bertz CT molecular complexity index is 847. The summed E-state index contributed by atoms with van der Waals surface area (Å²) in [5, 5.41) is 7.60. The topological polar surface area (TPSA) is 74.8 Å². The molecule has 1 amide bonds. The summed E-state index contributed by atoms with van der Waals surface area (Å²) in [5.74, 6) is 0.208. The molecule has 6 heteroatoms. The number of piperidine rings is 1. The SMILES string of the molecule is O=C(c1cnccn1)N1CCC[C@H](c2cc(-c3ccccc3)n[nH]2)C1. The summed E-state index contributed by atoms with van der Waals surface area (Å²) in [4.78, 5) is 22.6. The fourth-order valence-electron chi connectivity index (χ4n) is 3.29. The third-order valence-corrected chi connectivity index (χ3v) is 4.60. The van der Waals surface area contributed by atoms with Crippen LogP contribution in [0.25, 0.3) is 11.3 Å². The van der Waals surface area contributed by atoms with Crippen LogP contribution in [0, 0.1) is 0 Å². The Kier molecular flexibility index (Phi) is 4.24. The molecule has 6 nitrogen and oxygen atoms in total. The van der Waals surface area contributed by atoms with Crippen LogP contribution in [-0.2, 0) is 0 Å². The smallest absolute Gasteiger partial charge is 0.274 e. The van der Waals surface area contributed by atoms with Gasteiger partial charge in [-0.1, -0.05) is 30.3 Å². The van der Waals surface area contributed by atoms with E-state index in [4.69, 9.17) is 0 Å². The minimum absolute atomic E-state index is 0.0550. The van der Waals surface area contributed by atoms with Gasteiger partial charge in [0, 0.05) is 42.7 Å². The summed E-state index contributed by atoms with van der Waals surface area (Å²) in [6.45, 7) is 1.43. The average molecular weight is 333 g/mol. The molecule has 1 saturated heterocycles. The molecule has 25 heavy (non-hydrogen) atoms. The van der Waals surface area contributed by atoms with Crippen LogP contribution in [0.1, 0.15) is 34.9 Å². The van der Waals surface area contributed by atoms with Crippen molar-refractivity contribution in [2.24, 2.45) is 0 Å². The second-order valence-electron chi connectivity index (χ2n) is 6.26. The van der Waals surface area contributed by atoms with Crippen LogP contribution in [-0.4, -0.2) is 44.1 Å². The number of hydrogen-bond donors (Lipinski definition) is 1. The summed E-state index contributed by atoms with van der Waals surface area (Å²) in [6, 6.07) is 12.2. The van der Waals surface area contributed by atoms with Gasteiger partial charge in [-0.15, -0.1) is 0 Å². The van der Waals surface area contributed by atoms with E-state index in [9.17, 15) is 4.79 Å². The molecule has 3 aromatic rings. The van der Waals surface area contributed by atoms with Crippen molar-refractivity contribution >= 4 is 5.91 Å². The number of carbonyl (C=O) groups is 1. The number of H-pyrrole nitrogens is 1. The first-order valence-electron chi connectivity index (χ1n) is 8.47. The Morgan fingerprint density at radius 1 is 1.20 bits per heavy atom. The minimum Gasteiger partial charge on any atom is -0.337 e. The van der Waals surface area contributed by atoms with E-state index in [0.717, 1.165) is 36.3 Å². The van der Waals surface area contributed by atoms with Gasteiger partial charge in [-0.3, -0.25) is 14.9 Å². The van der Waals surface area contributed by atoms with E-state index in [0.29, 0.717) is 12.2 Å². The highest BCUT2D eigenvalue weighted by molar-refractivity contribution is 5.92. The van der Waals surface area contributed by atoms with Crippen LogP contribution in [0.2, 0.25) is 0 Å². The maximum atomic E-state index is 12.6. The van der Waals surface area contributed by atoms with Gasteiger partial charge in [0.25, 0.3) is 5.91 Å². The van der Waals surface area contributed by atoms with Crippen molar-refractivity contribution in [3.05, 3.63) is 66.4 Å². The first-order chi connectivity index (χ1) is 12.3. The molecule has 1 N–H and O–H groups in total. The molecule has 0 aliphatic carbocycles. The lowest BCUT2D eigenvalue weighted by Gasteiger charge is -2.31. The number of aromatic nitrogens is 4. The second kappa shape index (κ2) is 6.84. The fraction of sp³-hybridized carbons (Fsp3) is 0.263. The summed E-state index contributed by atoms with van der Waals surface area (Å²) >= 11 is 0. The van der Waals surface area contributed by atoms with E-state index in [2.05, 4.69) is 26.2 Å². The van der Waals surface area contributed by atoms with Crippen LogP contribution < -0.4 is 0 Å². The monoisotopic (exact) mass is 333 g/mol. The Hall–Kier alpha value is -3.02. The Morgan fingerprint density at radius 3 is 2.88 bits per heavy atom. The van der Waals surface area contributed by atoms with Gasteiger partial charge in [0.1, 0.15) is 5.69 Å². The number of likely N-dealkylation sites (tertiary alicyclic amines) is 1. The molecule has 0 saturated carbocycles. The summed E-state index contributed by atoms with van der Waals surface area (Å²) < 4.78 is 0. The van der Waals surface area contributed by atoms with Gasteiger partial charge in [-0.2, -0.15) is 5.10 Å². The van der Waals surface area contributed by atoms with E-state index < -0.39 is 0 Å². The molecule has 4 rings (SSSR count). The van der Waals surface area contributed by atoms with Crippen LogP contribution in [0.3, 0.4) is 0 Å². The fourth-order valence-corrected chi connectivity index (χ4v) is 3.29. The molecule has 0 radical (unpaired) electrons. The number of nitrogens with one attached hydrogen (secondary N) is 1. The van der Waals surface area contributed by atoms with E-state index >= 15 is 0 Å². The van der Waals surface area contributed by atoms with E-state index in [1.54, 1.807) is 12.4 Å². The van der Waals surface area contributed by atoms with Crippen LogP contribution >= 0.6 is 0 Å². The third-order valence-electron chi connectivity index (χ3n) is 4.60. The van der Waals surface area contributed by atoms with Gasteiger partial charge < -0.3 is 4.90 Å². The summed E-state index contributed by atoms with van der Waals surface area (Å²) in [5.41, 5.74) is 3.51. The Labute approximate surface area is 145 Å². The number of nitrogens with zero attached hydrogens (tertiary/aromatic N) is 4. The van der Waals surface area contributed by atoms with Gasteiger partial charge >= 0.3 is 0 Å². The highest BCUT2D eigenvalue weighted by atomic mass is 16.2. The standard InChI is InChI=1S/C19H19N5O/c25-19(18-12-20-8-9-21-18)24-10-4-7-15(13-24)17-11-16(22-23-17)14-5-2-1-3-6-14/h1-3,5-6,8-9,11-12,15H,4,7,10,13H2,(H,22,23)/t15-/m0/s1. The third kappa shape index (κ3) is 3.28. The molecular formula is C19H19N5O. The molecule has 1 aliphatic heterocycles. The highest BCUT2D eigenvalue weighted by Crippen LogP contribution is 2.28. The second-order valence-corrected chi connectivity index (χ2v) is 6.26. The van der Waals surface area contributed by atoms with Crippen LogP contribution in [0.4, 0.5) is 0 Å². The zero-order valence-electron chi connectivity index (χ0n) is 13.8. The van der Waals surface area contributed by atoms with Gasteiger partial charge in [0.05, 0.1) is 11.9 Å². The van der Waals surface area contributed by atoms with Crippen molar-refractivity contribution in [1.29, 1.82) is 0 Å². The molecular weight excluding hydrogens is 314 g/mol. The lowest BCUT2D eigenvalue weighted by molar-refractivity contribution is 0.0699. The molecule has 1 atom stereocenters. The van der Waals surface area contributed by atoms with Crippen LogP contribution in [0.15, 0.2) is 55.0 Å². The van der Waals surface area contributed by atoms with Gasteiger partial charge in [0.2, 0.25) is 0 Å². The number of benzene rings is 1. The van der Waals surface area contributed by atoms with Gasteiger partial charge in [-0.25, -0.2) is 4.98 Å². The number of rotatable bonds is 3. The molecule has 1 aromatic carbocycles. The molecule has 0 bridgehead atoms. The molecule has 2 aromatic heterocycles. The van der Waals surface area contributed by atoms with Crippen molar-refractivity contribution in [1.82, 2.24) is 25.1 Å². The predicted octanol–water partition coefficient (Wildman–Crippen LogP) is 2.89. The van der Waals surface area contributed by atoms with E-state index in [-0.39, 0.29) is 11.8 Å². The largest absolute Gasteiger partial charge is 0.337 e. The summed E-state index contributed by atoms with van der Waals surface area (Å²) in [6.07, 6.45) is 6.66. The van der Waals surface area contributed by atoms with Crippen molar-refractivity contribution in [2.75, 3.05) is 13.1 Å². The average Bonchev–Trinajstić information content (AvgIpc) is 3.19. The number of carbonyl (C=O) groups excluding carboxylic acids is 1. The van der Waals surface area contributed by atoms with Crippen LogP contribution in [0.5, 0.6) is 0 Å². The van der Waals surface area contributed by atoms with Crippen molar-refractivity contribution < 1.29 is 4.79 Å². The highest BCUT2D eigenvalue weighted by Gasteiger charge is 2.27. The Morgan fingerprint density at radius 2 is 2.08 bits per heavy atom. The quantitative estimate of drug-likeness (QED) is 0.800. The molecule has 0 unspecified atom stereocenters. The molecule has 1 fully saturated rings. The van der Waals surface area contributed by atoms with Crippen molar-refractivity contribution in [2.45, 2.75) is 18.8 Å². The number of hydrogen-bond acceptors (Lipinski definition) is 4. The first-order valence-corrected chi connectivity index (χ1v) is 8.47. The first kappa shape index (κ1) is 15.5. The molecule has 3 heterocycles. The van der Waals surface area contributed by atoms with E-state index in [1.165, 1.54) is 6.20 Å². The minimum atomic E-state index is -0.0550. The predicted molar refractivity (Wildman–Crippen MR) is 93.9 cm³/mol.